The van der Waals surface area contributed by atoms with Gasteiger partial charge in [-0.3, -0.25) is 0 Å². The lowest BCUT2D eigenvalue weighted by Gasteiger charge is -2.04. The summed E-state index contributed by atoms with van der Waals surface area (Å²) in [5.74, 6) is 0.411. The average Bonchev–Trinajstić information content (AvgIpc) is 2.77. The second-order valence-corrected chi connectivity index (χ2v) is 5.54. The van der Waals surface area contributed by atoms with Crippen LogP contribution in [-0.4, -0.2) is 11.5 Å². The highest BCUT2D eigenvalue weighted by molar-refractivity contribution is 7.13. The predicted octanol–water partition coefficient (Wildman–Crippen LogP) is 3.69. The summed E-state index contributed by atoms with van der Waals surface area (Å²) in [6, 6.07) is 6.56. The number of halogens is 1. The Kier molecular flexibility index (Phi) is 4.44. The second-order valence-electron chi connectivity index (χ2n) is 4.68. The number of hydrogen-bond donors (Lipinski definition) is 1. The van der Waals surface area contributed by atoms with Gasteiger partial charge in [0, 0.05) is 17.5 Å². The lowest BCUT2D eigenvalue weighted by Crippen LogP contribution is -2.19. The first-order chi connectivity index (χ1) is 8.65. The van der Waals surface area contributed by atoms with Gasteiger partial charge in [-0.15, -0.1) is 11.3 Å². The van der Waals surface area contributed by atoms with E-state index in [0.29, 0.717) is 5.92 Å². The molecule has 0 amide bonds. The van der Waals surface area contributed by atoms with Crippen molar-refractivity contribution < 1.29 is 4.39 Å². The van der Waals surface area contributed by atoms with E-state index < -0.39 is 0 Å². The third-order valence-electron chi connectivity index (χ3n) is 2.48. The van der Waals surface area contributed by atoms with Gasteiger partial charge in [-0.25, -0.2) is 9.37 Å². The molecule has 2 nitrogen and oxygen atoms in total. The molecule has 1 aromatic carbocycles. The van der Waals surface area contributed by atoms with Gasteiger partial charge in [0.2, 0.25) is 0 Å². The van der Waals surface area contributed by atoms with E-state index in [0.717, 1.165) is 29.4 Å². The zero-order chi connectivity index (χ0) is 13.0. The van der Waals surface area contributed by atoms with Crippen LogP contribution in [0.3, 0.4) is 0 Å². The lowest BCUT2D eigenvalue weighted by atomic mass is 10.2. The number of nitrogens with zero attached hydrogens (tertiary/aromatic N) is 1. The minimum atomic E-state index is -0.220. The van der Waals surface area contributed by atoms with Gasteiger partial charge in [-0.1, -0.05) is 26.0 Å². The molecule has 0 spiro atoms. The lowest BCUT2D eigenvalue weighted by molar-refractivity contribution is 0.549. The number of thiazole rings is 1. The highest BCUT2D eigenvalue weighted by Crippen LogP contribution is 2.24. The molecule has 0 bridgehead atoms. The molecule has 1 N–H and O–H groups in total. The maximum Gasteiger partial charge on any atom is 0.123 e. The van der Waals surface area contributed by atoms with E-state index in [9.17, 15) is 4.39 Å². The minimum absolute atomic E-state index is 0.220. The van der Waals surface area contributed by atoms with Gasteiger partial charge in [0.05, 0.1) is 5.69 Å². The highest BCUT2D eigenvalue weighted by atomic mass is 32.1. The Balaban J connectivity index is 2.02. The molecule has 0 unspecified atom stereocenters. The molecular formula is C14H17FN2S. The van der Waals surface area contributed by atoms with Crippen LogP contribution in [0.2, 0.25) is 0 Å². The molecule has 96 valence electrons. The number of rotatable bonds is 5. The number of aromatic nitrogens is 1. The minimum Gasteiger partial charge on any atom is -0.311 e. The van der Waals surface area contributed by atoms with E-state index in [-0.39, 0.29) is 5.82 Å². The molecule has 18 heavy (non-hydrogen) atoms. The van der Waals surface area contributed by atoms with Crippen molar-refractivity contribution in [3.63, 3.8) is 0 Å². The monoisotopic (exact) mass is 264 g/mol. The topological polar surface area (TPSA) is 24.9 Å². The van der Waals surface area contributed by atoms with Crippen molar-refractivity contribution in [2.45, 2.75) is 20.4 Å². The summed E-state index contributed by atoms with van der Waals surface area (Å²) in [6.07, 6.45) is 0. The van der Waals surface area contributed by atoms with Crippen LogP contribution in [0.15, 0.2) is 29.6 Å². The Morgan fingerprint density at radius 3 is 2.94 bits per heavy atom. The molecule has 4 heteroatoms. The molecule has 0 saturated carbocycles. The molecule has 0 atom stereocenters. The summed E-state index contributed by atoms with van der Waals surface area (Å²) in [7, 11) is 0. The van der Waals surface area contributed by atoms with Gasteiger partial charge in [0.15, 0.2) is 0 Å². The SMILES string of the molecule is CC(C)CNCc1csc(-c2cccc(F)c2)n1. The van der Waals surface area contributed by atoms with Gasteiger partial charge >= 0.3 is 0 Å². The quantitative estimate of drug-likeness (QED) is 0.890. The largest absolute Gasteiger partial charge is 0.311 e. The number of nitrogens with one attached hydrogen (secondary N) is 1. The van der Waals surface area contributed by atoms with Crippen LogP contribution < -0.4 is 5.32 Å². The van der Waals surface area contributed by atoms with Crippen LogP contribution in [0.4, 0.5) is 4.39 Å². The van der Waals surface area contributed by atoms with Crippen molar-refractivity contribution in [3.05, 3.63) is 41.2 Å². The summed E-state index contributed by atoms with van der Waals surface area (Å²) in [5.41, 5.74) is 1.86. The first kappa shape index (κ1) is 13.2. The summed E-state index contributed by atoms with van der Waals surface area (Å²) in [5, 5.41) is 6.24. The summed E-state index contributed by atoms with van der Waals surface area (Å²) >= 11 is 1.55. The van der Waals surface area contributed by atoms with Crippen molar-refractivity contribution in [1.82, 2.24) is 10.3 Å². The van der Waals surface area contributed by atoms with Crippen LogP contribution in [0.25, 0.3) is 10.6 Å². The molecule has 0 aliphatic carbocycles. The molecule has 2 rings (SSSR count). The fraction of sp³-hybridized carbons (Fsp3) is 0.357. The van der Waals surface area contributed by atoms with Crippen LogP contribution in [0.1, 0.15) is 19.5 Å². The summed E-state index contributed by atoms with van der Waals surface area (Å²) in [4.78, 5) is 4.51. The smallest absolute Gasteiger partial charge is 0.123 e. The van der Waals surface area contributed by atoms with Crippen LogP contribution >= 0.6 is 11.3 Å². The van der Waals surface area contributed by atoms with E-state index in [1.807, 2.05) is 11.4 Å². The second kappa shape index (κ2) is 6.07. The van der Waals surface area contributed by atoms with Crippen LogP contribution in [0, 0.1) is 11.7 Å². The molecule has 1 heterocycles. The molecule has 0 aliphatic heterocycles. The Bertz CT molecular complexity index is 508. The maximum absolute atomic E-state index is 13.1. The fourth-order valence-corrected chi connectivity index (χ4v) is 2.45. The number of hydrogen-bond acceptors (Lipinski definition) is 3. The molecule has 2 aromatic rings. The van der Waals surface area contributed by atoms with Crippen molar-refractivity contribution in [1.29, 1.82) is 0 Å². The van der Waals surface area contributed by atoms with E-state index in [1.165, 1.54) is 12.1 Å². The molecule has 0 saturated heterocycles. The first-order valence-electron chi connectivity index (χ1n) is 6.06. The molecule has 0 fully saturated rings. The first-order valence-corrected chi connectivity index (χ1v) is 6.94. The van der Waals surface area contributed by atoms with Crippen molar-refractivity contribution in [2.24, 2.45) is 5.92 Å². The zero-order valence-electron chi connectivity index (χ0n) is 10.6. The molecule has 1 aromatic heterocycles. The normalized spacial score (nSPS) is 11.1. The Hall–Kier alpha value is -1.26. The maximum atomic E-state index is 13.1. The van der Waals surface area contributed by atoms with Gasteiger partial charge in [-0.2, -0.15) is 0 Å². The highest BCUT2D eigenvalue weighted by Gasteiger charge is 2.05. The zero-order valence-corrected chi connectivity index (χ0v) is 11.4. The van der Waals surface area contributed by atoms with Gasteiger partial charge < -0.3 is 5.32 Å². The average molecular weight is 264 g/mol. The summed E-state index contributed by atoms with van der Waals surface area (Å²) < 4.78 is 13.1. The van der Waals surface area contributed by atoms with E-state index in [2.05, 4.69) is 24.1 Å². The molecule has 0 aliphatic rings. The standard InChI is InChI=1S/C14H17FN2S/c1-10(2)7-16-8-13-9-18-14(17-13)11-4-3-5-12(15)6-11/h3-6,9-10,16H,7-8H2,1-2H3. The van der Waals surface area contributed by atoms with E-state index in [1.54, 1.807) is 17.4 Å². The van der Waals surface area contributed by atoms with Crippen molar-refractivity contribution in [3.8, 4) is 10.6 Å². The van der Waals surface area contributed by atoms with Crippen molar-refractivity contribution in [2.75, 3.05) is 6.54 Å². The Morgan fingerprint density at radius 2 is 2.22 bits per heavy atom. The van der Waals surface area contributed by atoms with Crippen LogP contribution in [0.5, 0.6) is 0 Å². The predicted molar refractivity (Wildman–Crippen MR) is 74.1 cm³/mol. The Morgan fingerprint density at radius 1 is 1.39 bits per heavy atom. The Labute approximate surface area is 111 Å². The third-order valence-corrected chi connectivity index (χ3v) is 3.42. The fourth-order valence-electron chi connectivity index (χ4n) is 1.63. The summed E-state index contributed by atoms with van der Waals surface area (Å²) in [6.45, 7) is 6.09. The number of benzene rings is 1. The van der Waals surface area contributed by atoms with Crippen LogP contribution in [-0.2, 0) is 6.54 Å². The van der Waals surface area contributed by atoms with Gasteiger partial charge in [-0.05, 0) is 24.6 Å². The molecule has 0 radical (unpaired) electrons. The van der Waals surface area contributed by atoms with Gasteiger partial charge in [0.25, 0.3) is 0 Å². The molecular weight excluding hydrogens is 247 g/mol. The van der Waals surface area contributed by atoms with E-state index in [4.69, 9.17) is 0 Å². The third kappa shape index (κ3) is 3.62. The van der Waals surface area contributed by atoms with Gasteiger partial charge in [0.1, 0.15) is 10.8 Å². The van der Waals surface area contributed by atoms with Crippen molar-refractivity contribution >= 4 is 11.3 Å². The van der Waals surface area contributed by atoms with E-state index >= 15 is 0 Å².